The maximum atomic E-state index is 12.8. The van der Waals surface area contributed by atoms with Gasteiger partial charge in [0.2, 0.25) is 5.91 Å². The van der Waals surface area contributed by atoms with Crippen molar-refractivity contribution in [2.45, 2.75) is 40.7 Å². The van der Waals surface area contributed by atoms with Gasteiger partial charge in [-0.05, 0) is 93.4 Å². The molecule has 0 saturated carbocycles. The molecule has 174 valence electrons. The topological polar surface area (TPSA) is 84.9 Å². The molecular weight excluding hydrogens is 440 g/mol. The van der Waals surface area contributed by atoms with Gasteiger partial charge >= 0.3 is 0 Å². The highest BCUT2D eigenvalue weighted by Gasteiger charge is 2.36. The Balaban J connectivity index is 1.73. The molecule has 0 spiro atoms. The number of hydrogen-bond donors (Lipinski definition) is 1. The number of carbonyl (C=O) groups is 3. The van der Waals surface area contributed by atoms with Gasteiger partial charge in [0.05, 0.1) is 17.6 Å². The van der Waals surface area contributed by atoms with Gasteiger partial charge in [0, 0.05) is 5.69 Å². The number of rotatable bonds is 8. The van der Waals surface area contributed by atoms with Crippen LogP contribution in [0.1, 0.15) is 37.5 Å². The second kappa shape index (κ2) is 10.6. The first-order chi connectivity index (χ1) is 15.7. The fraction of sp³-hybridized carbons (Fsp3) is 0.320. The zero-order chi connectivity index (χ0) is 24.1. The Bertz CT molecular complexity index is 1110. The van der Waals surface area contributed by atoms with Crippen LogP contribution in [0.25, 0.3) is 6.08 Å². The molecule has 7 nitrogen and oxygen atoms in total. The lowest BCUT2D eigenvalue weighted by Crippen LogP contribution is -2.36. The molecule has 3 rings (SSSR count). The van der Waals surface area contributed by atoms with Gasteiger partial charge < -0.3 is 14.8 Å². The average Bonchev–Trinajstić information content (AvgIpc) is 3.00. The van der Waals surface area contributed by atoms with Crippen molar-refractivity contribution in [1.29, 1.82) is 0 Å². The Morgan fingerprint density at radius 3 is 2.52 bits per heavy atom. The number of hydrogen-bond acceptors (Lipinski definition) is 6. The van der Waals surface area contributed by atoms with Crippen molar-refractivity contribution in [3.8, 4) is 11.5 Å². The Kier molecular flexibility index (Phi) is 7.81. The highest BCUT2D eigenvalue weighted by molar-refractivity contribution is 8.18. The number of benzene rings is 2. The van der Waals surface area contributed by atoms with Crippen molar-refractivity contribution < 1.29 is 23.9 Å². The lowest BCUT2D eigenvalue weighted by molar-refractivity contribution is -0.127. The summed E-state index contributed by atoms with van der Waals surface area (Å²) in [7, 11) is 0. The summed E-state index contributed by atoms with van der Waals surface area (Å²) in [5, 5.41) is 2.26. The van der Waals surface area contributed by atoms with Crippen LogP contribution in [-0.2, 0) is 9.59 Å². The SMILES string of the molecule is CCOc1cc(/C=C2\SC(=O)N(CC(=O)Nc3ccc(C)c(C)c3)C2=O)ccc1OC(C)C. The van der Waals surface area contributed by atoms with Crippen LogP contribution in [-0.4, -0.2) is 41.2 Å². The zero-order valence-electron chi connectivity index (χ0n) is 19.4. The summed E-state index contributed by atoms with van der Waals surface area (Å²) < 4.78 is 11.4. The van der Waals surface area contributed by atoms with E-state index in [1.807, 2.05) is 46.8 Å². The number of amides is 3. The lowest BCUT2D eigenvalue weighted by atomic mass is 10.1. The van der Waals surface area contributed by atoms with Crippen molar-refractivity contribution in [2.24, 2.45) is 0 Å². The third-order valence-electron chi connectivity index (χ3n) is 4.89. The molecule has 0 aromatic heterocycles. The van der Waals surface area contributed by atoms with E-state index < -0.39 is 17.1 Å². The van der Waals surface area contributed by atoms with Crippen molar-refractivity contribution in [2.75, 3.05) is 18.5 Å². The molecule has 0 radical (unpaired) electrons. The molecule has 0 unspecified atom stereocenters. The van der Waals surface area contributed by atoms with Gasteiger partial charge in [-0.1, -0.05) is 12.1 Å². The molecule has 1 aliphatic rings. The maximum absolute atomic E-state index is 12.8. The van der Waals surface area contributed by atoms with Gasteiger partial charge in [-0.25, -0.2) is 0 Å². The van der Waals surface area contributed by atoms with Crippen molar-refractivity contribution >= 4 is 40.6 Å². The van der Waals surface area contributed by atoms with Gasteiger partial charge in [0.15, 0.2) is 11.5 Å². The highest BCUT2D eigenvalue weighted by Crippen LogP contribution is 2.35. The second-order valence-corrected chi connectivity index (χ2v) is 8.91. The molecule has 2 aromatic carbocycles. The van der Waals surface area contributed by atoms with Gasteiger partial charge in [0.25, 0.3) is 11.1 Å². The number of anilines is 1. The first-order valence-electron chi connectivity index (χ1n) is 10.7. The third-order valence-corrected chi connectivity index (χ3v) is 5.80. The van der Waals surface area contributed by atoms with Gasteiger partial charge in [-0.2, -0.15) is 0 Å². The predicted octanol–water partition coefficient (Wildman–Crippen LogP) is 5.16. The van der Waals surface area contributed by atoms with E-state index in [1.165, 1.54) is 0 Å². The number of carbonyl (C=O) groups excluding carboxylic acids is 3. The highest BCUT2D eigenvalue weighted by atomic mass is 32.2. The Morgan fingerprint density at radius 1 is 1.09 bits per heavy atom. The molecule has 1 heterocycles. The largest absolute Gasteiger partial charge is 0.490 e. The van der Waals surface area contributed by atoms with Crippen molar-refractivity contribution in [3.05, 3.63) is 58.0 Å². The smallest absolute Gasteiger partial charge is 0.294 e. The van der Waals surface area contributed by atoms with E-state index in [-0.39, 0.29) is 17.6 Å². The van der Waals surface area contributed by atoms with Crippen LogP contribution in [0, 0.1) is 13.8 Å². The van der Waals surface area contributed by atoms with E-state index in [9.17, 15) is 14.4 Å². The molecule has 0 aliphatic carbocycles. The zero-order valence-corrected chi connectivity index (χ0v) is 20.2. The van der Waals surface area contributed by atoms with E-state index in [2.05, 4.69) is 5.32 Å². The minimum atomic E-state index is -0.499. The lowest BCUT2D eigenvalue weighted by Gasteiger charge is -2.15. The van der Waals surface area contributed by atoms with Crippen LogP contribution < -0.4 is 14.8 Å². The van der Waals surface area contributed by atoms with Crippen LogP contribution in [0.3, 0.4) is 0 Å². The molecule has 0 bridgehead atoms. The van der Waals surface area contributed by atoms with Gasteiger partial charge in [-0.3, -0.25) is 19.3 Å². The monoisotopic (exact) mass is 468 g/mol. The number of thioether (sulfide) groups is 1. The van der Waals surface area contributed by atoms with Crippen LogP contribution in [0.4, 0.5) is 10.5 Å². The van der Waals surface area contributed by atoms with Gasteiger partial charge in [-0.15, -0.1) is 0 Å². The molecule has 1 aliphatic heterocycles. The van der Waals surface area contributed by atoms with Crippen LogP contribution in [0.5, 0.6) is 11.5 Å². The first-order valence-corrected chi connectivity index (χ1v) is 11.6. The number of nitrogens with one attached hydrogen (secondary N) is 1. The summed E-state index contributed by atoms with van der Waals surface area (Å²) in [6.07, 6.45) is 1.61. The molecule has 2 aromatic rings. The summed E-state index contributed by atoms with van der Waals surface area (Å²) in [6.45, 7) is 9.77. The molecule has 0 atom stereocenters. The Labute approximate surface area is 198 Å². The average molecular weight is 469 g/mol. The van der Waals surface area contributed by atoms with Crippen LogP contribution in [0.2, 0.25) is 0 Å². The molecule has 1 N–H and O–H groups in total. The molecule has 33 heavy (non-hydrogen) atoms. The molecule has 8 heteroatoms. The summed E-state index contributed by atoms with van der Waals surface area (Å²) in [5.74, 6) is 0.239. The van der Waals surface area contributed by atoms with E-state index >= 15 is 0 Å². The fourth-order valence-electron chi connectivity index (χ4n) is 3.19. The Hall–Kier alpha value is -3.26. The quantitative estimate of drug-likeness (QED) is 0.539. The van der Waals surface area contributed by atoms with E-state index in [0.717, 1.165) is 27.8 Å². The van der Waals surface area contributed by atoms with E-state index in [0.29, 0.717) is 29.4 Å². The van der Waals surface area contributed by atoms with Crippen LogP contribution in [0.15, 0.2) is 41.3 Å². The minimum Gasteiger partial charge on any atom is -0.490 e. The van der Waals surface area contributed by atoms with Crippen LogP contribution >= 0.6 is 11.8 Å². The number of imide groups is 1. The third kappa shape index (κ3) is 6.16. The van der Waals surface area contributed by atoms with Gasteiger partial charge in [0.1, 0.15) is 6.54 Å². The van der Waals surface area contributed by atoms with Crippen molar-refractivity contribution in [3.63, 3.8) is 0 Å². The number of ether oxygens (including phenoxy) is 2. The first kappa shape index (κ1) is 24.4. The second-order valence-electron chi connectivity index (χ2n) is 7.92. The van der Waals surface area contributed by atoms with Crippen molar-refractivity contribution in [1.82, 2.24) is 4.90 Å². The molecular formula is C25H28N2O5S. The number of aryl methyl sites for hydroxylation is 2. The Morgan fingerprint density at radius 2 is 1.85 bits per heavy atom. The normalized spacial score (nSPS) is 14.8. The van der Waals surface area contributed by atoms with E-state index in [1.54, 1.807) is 30.3 Å². The predicted molar refractivity (Wildman–Crippen MR) is 131 cm³/mol. The fourth-order valence-corrected chi connectivity index (χ4v) is 4.02. The standard InChI is InChI=1S/C25H28N2O5S/c1-6-31-21-12-18(8-10-20(21)32-15(2)3)13-22-24(29)27(25(30)33-22)14-23(28)26-19-9-7-16(4)17(5)11-19/h7-13,15H,6,14H2,1-5H3,(H,26,28)/b22-13-. The number of nitrogens with zero attached hydrogens (tertiary/aromatic N) is 1. The summed E-state index contributed by atoms with van der Waals surface area (Å²) in [5.41, 5.74) is 3.47. The summed E-state index contributed by atoms with van der Waals surface area (Å²) in [4.78, 5) is 38.9. The molecule has 1 saturated heterocycles. The minimum absolute atomic E-state index is 0.0125. The van der Waals surface area contributed by atoms with E-state index in [4.69, 9.17) is 9.47 Å². The summed E-state index contributed by atoms with van der Waals surface area (Å²) >= 11 is 0.810. The summed E-state index contributed by atoms with van der Waals surface area (Å²) in [6, 6.07) is 10.9. The maximum Gasteiger partial charge on any atom is 0.294 e. The molecule has 1 fully saturated rings. The molecule has 3 amide bonds.